The molecule has 0 aromatic carbocycles. The van der Waals surface area contributed by atoms with Crippen molar-refractivity contribution >= 4 is 0 Å². The zero-order valence-corrected chi connectivity index (χ0v) is 8.36. The summed E-state index contributed by atoms with van der Waals surface area (Å²) in [5, 5.41) is 10.3. The number of rotatable bonds is 0. The van der Waals surface area contributed by atoms with Gasteiger partial charge in [0, 0.05) is 0 Å². The third kappa shape index (κ3) is 1.01. The van der Waals surface area contributed by atoms with Gasteiger partial charge in [-0.1, -0.05) is 34.6 Å². The van der Waals surface area contributed by atoms with Gasteiger partial charge in [0.15, 0.2) is 0 Å². The van der Waals surface area contributed by atoms with Crippen LogP contribution < -0.4 is 0 Å². The standard InChI is InChI=1S/C10H20O/c1-8(2,3)10(11)7-6-9(10,4)5/h11H,6-7H2,1-5H3. The van der Waals surface area contributed by atoms with Crippen molar-refractivity contribution in [3.63, 3.8) is 0 Å². The summed E-state index contributed by atoms with van der Waals surface area (Å²) in [6, 6.07) is 0. The van der Waals surface area contributed by atoms with Crippen molar-refractivity contribution < 1.29 is 5.11 Å². The minimum Gasteiger partial charge on any atom is -0.389 e. The van der Waals surface area contributed by atoms with Crippen LogP contribution in [0.4, 0.5) is 0 Å². The second-order valence-electron chi connectivity index (χ2n) is 5.49. The van der Waals surface area contributed by atoms with Gasteiger partial charge in [-0.25, -0.2) is 0 Å². The molecule has 66 valence electrons. The summed E-state index contributed by atoms with van der Waals surface area (Å²) in [6.07, 6.45) is 2.12. The molecule has 1 aliphatic carbocycles. The molecule has 0 amide bonds. The van der Waals surface area contributed by atoms with Crippen LogP contribution in [0.5, 0.6) is 0 Å². The summed E-state index contributed by atoms with van der Waals surface area (Å²) < 4.78 is 0. The van der Waals surface area contributed by atoms with Crippen LogP contribution in [-0.4, -0.2) is 10.7 Å². The van der Waals surface area contributed by atoms with Gasteiger partial charge in [0.25, 0.3) is 0 Å². The Morgan fingerprint density at radius 2 is 1.55 bits per heavy atom. The van der Waals surface area contributed by atoms with Crippen LogP contribution in [0.25, 0.3) is 0 Å². The quantitative estimate of drug-likeness (QED) is 0.571. The first-order valence-corrected chi connectivity index (χ1v) is 4.43. The van der Waals surface area contributed by atoms with Crippen LogP contribution in [0, 0.1) is 10.8 Å². The van der Waals surface area contributed by atoms with Gasteiger partial charge in [0.1, 0.15) is 0 Å². The second-order valence-corrected chi connectivity index (χ2v) is 5.49. The largest absolute Gasteiger partial charge is 0.389 e. The molecule has 0 aliphatic heterocycles. The molecule has 0 bridgehead atoms. The summed E-state index contributed by atoms with van der Waals surface area (Å²) in [6.45, 7) is 10.7. The molecule has 0 heterocycles. The first kappa shape index (κ1) is 9.05. The number of hydrogen-bond acceptors (Lipinski definition) is 1. The Kier molecular flexibility index (Phi) is 1.65. The molecule has 0 radical (unpaired) electrons. The molecule has 1 heteroatoms. The summed E-state index contributed by atoms with van der Waals surface area (Å²) in [7, 11) is 0. The van der Waals surface area contributed by atoms with Gasteiger partial charge >= 0.3 is 0 Å². The van der Waals surface area contributed by atoms with E-state index in [-0.39, 0.29) is 10.8 Å². The Morgan fingerprint density at radius 3 is 1.55 bits per heavy atom. The van der Waals surface area contributed by atoms with Crippen molar-refractivity contribution in [1.82, 2.24) is 0 Å². The van der Waals surface area contributed by atoms with Gasteiger partial charge in [-0.3, -0.25) is 0 Å². The van der Waals surface area contributed by atoms with E-state index >= 15 is 0 Å². The Labute approximate surface area is 69.8 Å². The molecule has 1 unspecified atom stereocenters. The van der Waals surface area contributed by atoms with Crippen LogP contribution in [-0.2, 0) is 0 Å². The molecule has 1 nitrogen and oxygen atoms in total. The molecule has 1 N–H and O–H groups in total. The third-order valence-corrected chi connectivity index (χ3v) is 3.47. The average molecular weight is 156 g/mol. The molecule has 0 spiro atoms. The van der Waals surface area contributed by atoms with E-state index in [1.165, 1.54) is 0 Å². The van der Waals surface area contributed by atoms with Gasteiger partial charge < -0.3 is 5.11 Å². The Hall–Kier alpha value is -0.0400. The van der Waals surface area contributed by atoms with Gasteiger partial charge in [-0.2, -0.15) is 0 Å². The number of hydrogen-bond donors (Lipinski definition) is 1. The Bertz CT molecular complexity index is 152. The molecule has 1 fully saturated rings. The molecular formula is C10H20O. The van der Waals surface area contributed by atoms with Crippen molar-refractivity contribution in [2.45, 2.75) is 53.1 Å². The van der Waals surface area contributed by atoms with Crippen LogP contribution in [0.15, 0.2) is 0 Å². The molecule has 0 aromatic rings. The van der Waals surface area contributed by atoms with E-state index in [0.717, 1.165) is 12.8 Å². The smallest absolute Gasteiger partial charge is 0.0746 e. The van der Waals surface area contributed by atoms with Crippen molar-refractivity contribution in [3.05, 3.63) is 0 Å². The highest BCUT2D eigenvalue weighted by Gasteiger charge is 2.57. The van der Waals surface area contributed by atoms with Crippen LogP contribution in [0.3, 0.4) is 0 Å². The molecule has 1 aliphatic rings. The van der Waals surface area contributed by atoms with Gasteiger partial charge in [0.2, 0.25) is 0 Å². The molecule has 1 rings (SSSR count). The normalized spacial score (nSPS) is 36.5. The highest BCUT2D eigenvalue weighted by Crippen LogP contribution is 2.57. The highest BCUT2D eigenvalue weighted by molar-refractivity contribution is 5.08. The molecule has 1 atom stereocenters. The van der Waals surface area contributed by atoms with Crippen LogP contribution in [0.2, 0.25) is 0 Å². The Morgan fingerprint density at radius 1 is 1.09 bits per heavy atom. The van der Waals surface area contributed by atoms with E-state index < -0.39 is 5.60 Å². The predicted octanol–water partition coefficient (Wildman–Crippen LogP) is 2.58. The maximum atomic E-state index is 10.3. The SMILES string of the molecule is CC(C)(C)C1(O)CCC1(C)C. The molecule has 0 aromatic heterocycles. The summed E-state index contributed by atoms with van der Waals surface area (Å²) in [4.78, 5) is 0. The van der Waals surface area contributed by atoms with Crippen molar-refractivity contribution in [2.24, 2.45) is 10.8 Å². The topological polar surface area (TPSA) is 20.2 Å². The summed E-state index contributed by atoms with van der Waals surface area (Å²) in [5.41, 5.74) is -0.306. The molecule has 1 saturated carbocycles. The summed E-state index contributed by atoms with van der Waals surface area (Å²) >= 11 is 0. The minimum atomic E-state index is -0.444. The van der Waals surface area contributed by atoms with E-state index in [1.807, 2.05) is 0 Å². The van der Waals surface area contributed by atoms with Crippen LogP contribution in [0.1, 0.15) is 47.5 Å². The lowest BCUT2D eigenvalue weighted by atomic mass is 9.50. The lowest BCUT2D eigenvalue weighted by molar-refractivity contribution is -0.211. The molecular weight excluding hydrogens is 136 g/mol. The maximum absolute atomic E-state index is 10.3. The first-order chi connectivity index (χ1) is 4.71. The zero-order chi connectivity index (χ0) is 8.91. The molecule has 11 heavy (non-hydrogen) atoms. The van der Waals surface area contributed by atoms with E-state index in [2.05, 4.69) is 34.6 Å². The van der Waals surface area contributed by atoms with Gasteiger partial charge in [-0.15, -0.1) is 0 Å². The monoisotopic (exact) mass is 156 g/mol. The first-order valence-electron chi connectivity index (χ1n) is 4.43. The van der Waals surface area contributed by atoms with Crippen molar-refractivity contribution in [1.29, 1.82) is 0 Å². The fourth-order valence-corrected chi connectivity index (χ4v) is 2.25. The Balaban J connectivity index is 2.86. The fraction of sp³-hybridized carbons (Fsp3) is 1.00. The lowest BCUT2D eigenvalue weighted by Crippen LogP contribution is -2.61. The van der Waals surface area contributed by atoms with Crippen molar-refractivity contribution in [2.75, 3.05) is 0 Å². The maximum Gasteiger partial charge on any atom is 0.0746 e. The summed E-state index contributed by atoms with van der Waals surface area (Å²) in [5.74, 6) is 0. The van der Waals surface area contributed by atoms with E-state index in [4.69, 9.17) is 0 Å². The van der Waals surface area contributed by atoms with Gasteiger partial charge in [-0.05, 0) is 23.7 Å². The third-order valence-electron chi connectivity index (χ3n) is 3.47. The number of aliphatic hydroxyl groups is 1. The van der Waals surface area contributed by atoms with Gasteiger partial charge in [0.05, 0.1) is 5.60 Å². The second kappa shape index (κ2) is 2.01. The van der Waals surface area contributed by atoms with Crippen molar-refractivity contribution in [3.8, 4) is 0 Å². The lowest BCUT2D eigenvalue weighted by Gasteiger charge is -2.59. The zero-order valence-electron chi connectivity index (χ0n) is 8.36. The molecule has 0 saturated heterocycles. The minimum absolute atomic E-state index is 0.0226. The van der Waals surface area contributed by atoms with E-state index in [9.17, 15) is 5.11 Å². The van der Waals surface area contributed by atoms with E-state index in [0.29, 0.717) is 0 Å². The van der Waals surface area contributed by atoms with E-state index in [1.54, 1.807) is 0 Å². The predicted molar refractivity (Wildman–Crippen MR) is 47.4 cm³/mol. The fourth-order valence-electron chi connectivity index (χ4n) is 2.25. The highest BCUT2D eigenvalue weighted by atomic mass is 16.3. The van der Waals surface area contributed by atoms with Crippen LogP contribution >= 0.6 is 0 Å². The average Bonchev–Trinajstić information content (AvgIpc) is 1.81.